The smallest absolute Gasteiger partial charge is 0.256 e. The first-order chi connectivity index (χ1) is 14.5. The Morgan fingerprint density at radius 1 is 0.833 bits per heavy atom. The van der Waals surface area contributed by atoms with Gasteiger partial charge >= 0.3 is 0 Å². The molecule has 0 bridgehead atoms. The predicted molar refractivity (Wildman–Crippen MR) is 106 cm³/mol. The van der Waals surface area contributed by atoms with Crippen LogP contribution in [0, 0.1) is 5.92 Å². The first kappa shape index (κ1) is 28.3. The van der Waals surface area contributed by atoms with E-state index in [1.807, 2.05) is 13.8 Å². The van der Waals surface area contributed by atoms with E-state index in [4.69, 9.17) is 23.7 Å². The molecule has 10 nitrogen and oxygen atoms in total. The number of ketones is 1. The summed E-state index contributed by atoms with van der Waals surface area (Å²) < 4.78 is 39.6. The Labute approximate surface area is 177 Å². The zero-order chi connectivity index (χ0) is 22.5. The minimum absolute atomic E-state index is 0.0187. The quantitative estimate of drug-likeness (QED) is 0.171. The molecule has 0 rings (SSSR count). The molecular weight excluding hydrogens is 403 g/mol. The van der Waals surface area contributed by atoms with Crippen molar-refractivity contribution in [1.29, 1.82) is 0 Å². The average Bonchev–Trinajstić information content (AvgIpc) is 2.73. The van der Waals surface area contributed by atoms with Gasteiger partial charge in [-0.15, -0.1) is 0 Å². The van der Waals surface area contributed by atoms with E-state index in [0.717, 1.165) is 0 Å². The Hall–Kier alpha value is -1.66. The zero-order valence-corrected chi connectivity index (χ0v) is 17.9. The summed E-state index contributed by atoms with van der Waals surface area (Å²) in [4.78, 5) is 32.6. The van der Waals surface area contributed by atoms with Crippen LogP contribution in [0.2, 0.25) is 0 Å². The molecule has 0 spiro atoms. The lowest BCUT2D eigenvalue weighted by atomic mass is 10.1. The van der Waals surface area contributed by atoms with Gasteiger partial charge in [0, 0.05) is 12.5 Å². The molecule has 1 unspecified atom stereocenters. The summed E-state index contributed by atoms with van der Waals surface area (Å²) >= 11 is 0. The van der Waals surface area contributed by atoms with E-state index in [9.17, 15) is 18.8 Å². The standard InChI is InChI=1S/C19H35FN2O8/c1-16(2)18(24)14-30-12-11-29-10-9-28-8-7-27-6-5-26-4-3-22-19(25)17(20)13-21-15-23/h15-17H,3-14H2,1-2H3,(H,21,23)(H,22,25). The summed E-state index contributed by atoms with van der Waals surface area (Å²) in [6, 6.07) is 0. The number of Topliss-reactive ketones (excluding diaryl/α,β-unsaturated/α-hetero) is 1. The third-order valence-corrected chi connectivity index (χ3v) is 3.59. The van der Waals surface area contributed by atoms with Crippen LogP contribution in [-0.2, 0) is 38.1 Å². The van der Waals surface area contributed by atoms with Crippen LogP contribution in [0.1, 0.15) is 13.8 Å². The Morgan fingerprint density at radius 3 is 1.77 bits per heavy atom. The van der Waals surface area contributed by atoms with E-state index in [-0.39, 0.29) is 38.0 Å². The van der Waals surface area contributed by atoms with Gasteiger partial charge in [0.25, 0.3) is 5.91 Å². The number of halogens is 1. The Kier molecular flexibility index (Phi) is 19.5. The lowest BCUT2D eigenvalue weighted by Crippen LogP contribution is -2.39. The summed E-state index contributed by atoms with van der Waals surface area (Å²) in [6.07, 6.45) is -1.45. The van der Waals surface area contributed by atoms with Crippen molar-refractivity contribution in [3.63, 3.8) is 0 Å². The normalized spacial score (nSPS) is 12.0. The monoisotopic (exact) mass is 438 g/mol. The number of nitrogens with one attached hydrogen (secondary N) is 2. The zero-order valence-electron chi connectivity index (χ0n) is 17.9. The molecule has 11 heteroatoms. The van der Waals surface area contributed by atoms with Gasteiger partial charge < -0.3 is 34.3 Å². The highest BCUT2D eigenvalue weighted by molar-refractivity contribution is 5.81. The lowest BCUT2D eigenvalue weighted by molar-refractivity contribution is -0.127. The Balaban J connectivity index is 3.22. The van der Waals surface area contributed by atoms with E-state index in [2.05, 4.69) is 10.6 Å². The number of ether oxygens (including phenoxy) is 5. The lowest BCUT2D eigenvalue weighted by Gasteiger charge is -2.10. The number of carbonyl (C=O) groups excluding carboxylic acids is 3. The second-order valence-corrected chi connectivity index (χ2v) is 6.41. The largest absolute Gasteiger partial charge is 0.377 e. The summed E-state index contributed by atoms with van der Waals surface area (Å²) in [6.45, 7) is 7.01. The number of hydrogen-bond donors (Lipinski definition) is 2. The summed E-state index contributed by atoms with van der Waals surface area (Å²) in [5.74, 6) is -0.737. The van der Waals surface area contributed by atoms with Crippen LogP contribution in [0.15, 0.2) is 0 Å². The maximum atomic E-state index is 13.2. The highest BCUT2D eigenvalue weighted by Crippen LogP contribution is 1.94. The van der Waals surface area contributed by atoms with Crippen LogP contribution in [-0.4, -0.2) is 103 Å². The van der Waals surface area contributed by atoms with Gasteiger partial charge in [0.1, 0.15) is 6.61 Å². The van der Waals surface area contributed by atoms with Crippen LogP contribution in [0.3, 0.4) is 0 Å². The van der Waals surface area contributed by atoms with Crippen molar-refractivity contribution in [2.24, 2.45) is 5.92 Å². The van der Waals surface area contributed by atoms with Gasteiger partial charge in [-0.05, 0) is 0 Å². The molecule has 0 aromatic rings. The topological polar surface area (TPSA) is 121 Å². The molecule has 0 aromatic carbocycles. The fourth-order valence-electron chi connectivity index (χ4n) is 1.82. The minimum atomic E-state index is -1.78. The average molecular weight is 438 g/mol. The highest BCUT2D eigenvalue weighted by Gasteiger charge is 2.15. The number of alkyl halides is 1. The second kappa shape index (κ2) is 20.6. The van der Waals surface area contributed by atoms with E-state index < -0.39 is 12.1 Å². The molecule has 0 fully saturated rings. The second-order valence-electron chi connectivity index (χ2n) is 6.41. The maximum absolute atomic E-state index is 13.2. The Bertz CT molecular complexity index is 454. The van der Waals surface area contributed by atoms with E-state index in [1.54, 1.807) is 0 Å². The van der Waals surface area contributed by atoms with Gasteiger partial charge in [0.15, 0.2) is 12.0 Å². The van der Waals surface area contributed by atoms with Gasteiger partial charge in [0.05, 0.1) is 66.0 Å². The molecule has 1 atom stereocenters. The molecule has 176 valence electrons. The van der Waals surface area contributed by atoms with Gasteiger partial charge in [-0.2, -0.15) is 0 Å². The molecule has 30 heavy (non-hydrogen) atoms. The third-order valence-electron chi connectivity index (χ3n) is 3.59. The molecular formula is C19H35FN2O8. The minimum Gasteiger partial charge on any atom is -0.377 e. The number of amides is 2. The van der Waals surface area contributed by atoms with Crippen molar-refractivity contribution in [2.75, 3.05) is 79.2 Å². The van der Waals surface area contributed by atoms with Gasteiger partial charge in [-0.3, -0.25) is 14.4 Å². The molecule has 2 amide bonds. The Morgan fingerprint density at radius 2 is 1.30 bits per heavy atom. The van der Waals surface area contributed by atoms with Crippen LogP contribution in [0.4, 0.5) is 4.39 Å². The van der Waals surface area contributed by atoms with Crippen LogP contribution < -0.4 is 10.6 Å². The van der Waals surface area contributed by atoms with Crippen LogP contribution in [0.5, 0.6) is 0 Å². The molecule has 0 aliphatic heterocycles. The summed E-state index contributed by atoms with van der Waals surface area (Å²) in [5.41, 5.74) is 0. The molecule has 0 aliphatic rings. The van der Waals surface area contributed by atoms with Crippen molar-refractivity contribution in [1.82, 2.24) is 10.6 Å². The first-order valence-corrected chi connectivity index (χ1v) is 9.99. The van der Waals surface area contributed by atoms with Gasteiger partial charge in [-0.1, -0.05) is 13.8 Å². The van der Waals surface area contributed by atoms with Gasteiger partial charge in [-0.25, -0.2) is 4.39 Å². The fraction of sp³-hybridized carbons (Fsp3) is 0.842. The molecule has 2 N–H and O–H groups in total. The van der Waals surface area contributed by atoms with Crippen LogP contribution in [0.25, 0.3) is 0 Å². The van der Waals surface area contributed by atoms with Crippen molar-refractivity contribution in [2.45, 2.75) is 20.0 Å². The highest BCUT2D eigenvalue weighted by atomic mass is 19.1. The number of hydrogen-bond acceptors (Lipinski definition) is 8. The third kappa shape index (κ3) is 18.4. The van der Waals surface area contributed by atoms with Gasteiger partial charge in [0.2, 0.25) is 6.41 Å². The number of rotatable bonds is 22. The molecule has 0 saturated heterocycles. The molecule has 0 aliphatic carbocycles. The molecule has 0 heterocycles. The number of carbonyl (C=O) groups is 3. The van der Waals surface area contributed by atoms with Crippen molar-refractivity contribution in [3.8, 4) is 0 Å². The van der Waals surface area contributed by atoms with Crippen molar-refractivity contribution >= 4 is 18.1 Å². The van der Waals surface area contributed by atoms with E-state index in [0.29, 0.717) is 59.3 Å². The van der Waals surface area contributed by atoms with Crippen molar-refractivity contribution in [3.05, 3.63) is 0 Å². The molecule has 0 aromatic heterocycles. The summed E-state index contributed by atoms with van der Waals surface area (Å²) in [5, 5.41) is 4.45. The van der Waals surface area contributed by atoms with E-state index in [1.165, 1.54) is 0 Å². The van der Waals surface area contributed by atoms with Crippen molar-refractivity contribution < 1.29 is 42.5 Å². The van der Waals surface area contributed by atoms with Crippen LogP contribution >= 0.6 is 0 Å². The SMILES string of the molecule is CC(C)C(=O)COCCOCCOCCOCCOCCNC(=O)C(F)CNC=O. The predicted octanol–water partition coefficient (Wildman–Crippen LogP) is -0.505. The fourth-order valence-corrected chi connectivity index (χ4v) is 1.82. The molecule has 0 saturated carbocycles. The van der Waals surface area contributed by atoms with E-state index >= 15 is 0 Å². The first-order valence-electron chi connectivity index (χ1n) is 9.99. The maximum Gasteiger partial charge on any atom is 0.256 e. The molecule has 0 radical (unpaired) electrons. The summed E-state index contributed by atoms with van der Waals surface area (Å²) in [7, 11) is 0.